The lowest BCUT2D eigenvalue weighted by Gasteiger charge is -1.88. The van der Waals surface area contributed by atoms with Crippen LogP contribution in [0.25, 0.3) is 6.08 Å². The van der Waals surface area contributed by atoms with Crippen LogP contribution in [0, 0.1) is 0 Å². The van der Waals surface area contributed by atoms with E-state index in [0.29, 0.717) is 0 Å². The standard InChI is InChI=1S/C9H12NP/c1-3-5-8-6-7-10-9(8)11-4-2/h3-7,10H,1-2H3/b5-3-. The SMILES string of the molecule is CC=Pc1[nH]ccc1/C=C\C. The molecule has 0 aliphatic rings. The van der Waals surface area contributed by atoms with Crippen molar-refractivity contribution in [1.29, 1.82) is 0 Å². The van der Waals surface area contributed by atoms with Gasteiger partial charge >= 0.3 is 0 Å². The van der Waals surface area contributed by atoms with Crippen molar-refractivity contribution in [2.75, 3.05) is 0 Å². The van der Waals surface area contributed by atoms with Crippen molar-refractivity contribution in [3.8, 4) is 0 Å². The lowest BCUT2D eigenvalue weighted by Crippen LogP contribution is -1.94. The van der Waals surface area contributed by atoms with Crippen LogP contribution < -0.4 is 5.44 Å². The van der Waals surface area contributed by atoms with Gasteiger partial charge in [0.25, 0.3) is 0 Å². The molecule has 11 heavy (non-hydrogen) atoms. The summed E-state index contributed by atoms with van der Waals surface area (Å²) in [6.45, 7) is 4.09. The van der Waals surface area contributed by atoms with Gasteiger partial charge in [-0.15, -0.1) is 0 Å². The van der Waals surface area contributed by atoms with Crippen molar-refractivity contribution in [2.45, 2.75) is 13.8 Å². The molecular weight excluding hydrogens is 153 g/mol. The monoisotopic (exact) mass is 165 g/mol. The summed E-state index contributed by atoms with van der Waals surface area (Å²) in [7, 11) is 1.25. The largest absolute Gasteiger partial charge is 0.357 e. The minimum atomic E-state index is 1.25. The molecule has 1 heterocycles. The van der Waals surface area contributed by atoms with Crippen LogP contribution in [-0.4, -0.2) is 10.8 Å². The molecule has 0 aliphatic carbocycles. The molecule has 1 aromatic rings. The van der Waals surface area contributed by atoms with E-state index in [1.165, 1.54) is 19.2 Å². The van der Waals surface area contributed by atoms with Crippen LogP contribution >= 0.6 is 8.20 Å². The second-order valence-corrected chi connectivity index (χ2v) is 3.39. The second-order valence-electron chi connectivity index (χ2n) is 2.17. The van der Waals surface area contributed by atoms with Crippen LogP contribution in [0.2, 0.25) is 0 Å². The molecule has 58 valence electrons. The van der Waals surface area contributed by atoms with Crippen molar-refractivity contribution < 1.29 is 0 Å². The predicted molar refractivity (Wildman–Crippen MR) is 53.8 cm³/mol. The average molecular weight is 165 g/mol. The predicted octanol–water partition coefficient (Wildman–Crippen LogP) is 2.44. The molecule has 1 N–H and O–H groups in total. The van der Waals surface area contributed by atoms with E-state index in [1.807, 2.05) is 13.1 Å². The van der Waals surface area contributed by atoms with Crippen LogP contribution in [0.5, 0.6) is 0 Å². The summed E-state index contributed by atoms with van der Waals surface area (Å²) in [4.78, 5) is 3.20. The third-order valence-electron chi connectivity index (χ3n) is 1.36. The van der Waals surface area contributed by atoms with Gasteiger partial charge in [0.15, 0.2) is 0 Å². The first-order valence-electron chi connectivity index (χ1n) is 3.67. The number of allylic oxidation sites excluding steroid dienone is 1. The molecule has 0 saturated heterocycles. The van der Waals surface area contributed by atoms with Gasteiger partial charge in [0.1, 0.15) is 0 Å². The number of rotatable bonds is 2. The zero-order valence-corrected chi connectivity index (χ0v) is 7.73. The smallest absolute Gasteiger partial charge is 0.0726 e. The van der Waals surface area contributed by atoms with E-state index in [-0.39, 0.29) is 0 Å². The molecule has 1 aromatic heterocycles. The zero-order chi connectivity index (χ0) is 8.10. The lowest BCUT2D eigenvalue weighted by molar-refractivity contribution is 1.47. The Labute approximate surface area is 68.9 Å². The Morgan fingerprint density at radius 1 is 1.45 bits per heavy atom. The maximum Gasteiger partial charge on any atom is 0.0726 e. The van der Waals surface area contributed by atoms with Crippen molar-refractivity contribution in [2.24, 2.45) is 0 Å². The minimum absolute atomic E-state index is 1.25. The van der Waals surface area contributed by atoms with Gasteiger partial charge in [-0.05, 0) is 19.9 Å². The molecule has 1 rings (SSSR count). The van der Waals surface area contributed by atoms with Gasteiger partial charge in [-0.2, -0.15) is 0 Å². The van der Waals surface area contributed by atoms with Gasteiger partial charge in [-0.25, -0.2) is 0 Å². The molecule has 0 saturated carbocycles. The summed E-state index contributed by atoms with van der Waals surface area (Å²) in [6.07, 6.45) is 6.14. The zero-order valence-electron chi connectivity index (χ0n) is 6.83. The lowest BCUT2D eigenvalue weighted by atomic mass is 10.3. The third-order valence-corrected chi connectivity index (χ3v) is 2.26. The molecular formula is C9H12NP. The molecule has 0 unspecified atom stereocenters. The number of nitrogens with one attached hydrogen (secondary N) is 1. The second kappa shape index (κ2) is 4.15. The molecule has 1 nitrogen and oxygen atoms in total. The summed E-state index contributed by atoms with van der Waals surface area (Å²) < 4.78 is 0. The number of hydrogen-bond acceptors (Lipinski definition) is 0. The third kappa shape index (κ3) is 2.06. The highest BCUT2D eigenvalue weighted by Crippen LogP contribution is 2.04. The van der Waals surface area contributed by atoms with Crippen LogP contribution in [-0.2, 0) is 0 Å². The van der Waals surface area contributed by atoms with Crippen molar-refractivity contribution in [3.63, 3.8) is 0 Å². The first kappa shape index (κ1) is 8.29. The fourth-order valence-corrected chi connectivity index (χ4v) is 1.63. The highest BCUT2D eigenvalue weighted by molar-refractivity contribution is 7.47. The van der Waals surface area contributed by atoms with Crippen LogP contribution in [0.1, 0.15) is 19.4 Å². The van der Waals surface area contributed by atoms with Gasteiger partial charge < -0.3 is 4.98 Å². The Bertz CT molecular complexity index is 244. The van der Waals surface area contributed by atoms with Gasteiger partial charge in [-0.1, -0.05) is 26.2 Å². The van der Waals surface area contributed by atoms with Crippen LogP contribution in [0.3, 0.4) is 0 Å². The first-order chi connectivity index (χ1) is 5.38. The molecule has 0 aromatic carbocycles. The highest BCUT2D eigenvalue weighted by Gasteiger charge is 1.93. The molecule has 0 amide bonds. The fourth-order valence-electron chi connectivity index (χ4n) is 0.928. The maximum atomic E-state index is 3.20. The quantitative estimate of drug-likeness (QED) is 0.648. The summed E-state index contributed by atoms with van der Waals surface area (Å²) in [5.41, 5.74) is 2.55. The average Bonchev–Trinajstić information content (AvgIpc) is 2.39. The van der Waals surface area contributed by atoms with Crippen molar-refractivity contribution >= 4 is 25.5 Å². The van der Waals surface area contributed by atoms with E-state index < -0.39 is 0 Å². The van der Waals surface area contributed by atoms with Gasteiger partial charge in [0, 0.05) is 11.8 Å². The van der Waals surface area contributed by atoms with E-state index in [0.717, 1.165) is 0 Å². The van der Waals surface area contributed by atoms with Crippen LogP contribution in [0.15, 0.2) is 18.3 Å². The fraction of sp³-hybridized carbons (Fsp3) is 0.222. The van der Waals surface area contributed by atoms with E-state index in [2.05, 4.69) is 35.9 Å². The maximum absolute atomic E-state index is 3.20. The van der Waals surface area contributed by atoms with Crippen molar-refractivity contribution in [1.82, 2.24) is 4.98 Å². The minimum Gasteiger partial charge on any atom is -0.357 e. The Morgan fingerprint density at radius 3 is 2.91 bits per heavy atom. The summed E-state index contributed by atoms with van der Waals surface area (Å²) in [6, 6.07) is 2.09. The molecule has 0 radical (unpaired) electrons. The summed E-state index contributed by atoms with van der Waals surface area (Å²) >= 11 is 0. The van der Waals surface area contributed by atoms with E-state index in [4.69, 9.17) is 0 Å². The molecule has 0 spiro atoms. The molecule has 2 heteroatoms. The molecule has 0 atom stereocenters. The van der Waals surface area contributed by atoms with Gasteiger partial charge in [-0.3, -0.25) is 0 Å². The number of aromatic nitrogens is 1. The van der Waals surface area contributed by atoms with Crippen molar-refractivity contribution in [3.05, 3.63) is 23.9 Å². The topological polar surface area (TPSA) is 15.8 Å². The van der Waals surface area contributed by atoms with E-state index in [1.54, 1.807) is 0 Å². The first-order valence-corrected chi connectivity index (χ1v) is 4.63. The number of hydrogen-bond donors (Lipinski definition) is 1. The molecule has 0 bridgehead atoms. The Balaban J connectivity index is 2.95. The Hall–Kier alpha value is -0.810. The van der Waals surface area contributed by atoms with Gasteiger partial charge in [0.2, 0.25) is 0 Å². The summed E-state index contributed by atoms with van der Waals surface area (Å²) in [5.74, 6) is 2.12. The van der Waals surface area contributed by atoms with Crippen LogP contribution in [0.4, 0.5) is 0 Å². The number of aromatic amines is 1. The van der Waals surface area contributed by atoms with E-state index in [9.17, 15) is 0 Å². The highest BCUT2D eigenvalue weighted by atomic mass is 31.1. The van der Waals surface area contributed by atoms with Gasteiger partial charge in [0.05, 0.1) is 5.44 Å². The Morgan fingerprint density at radius 2 is 2.27 bits per heavy atom. The normalized spacial score (nSPS) is 11.8. The number of H-pyrrole nitrogens is 1. The van der Waals surface area contributed by atoms with E-state index >= 15 is 0 Å². The molecule has 0 fully saturated rings. The Kier molecular flexibility index (Phi) is 3.13. The molecule has 0 aliphatic heterocycles. The summed E-state index contributed by atoms with van der Waals surface area (Å²) in [5, 5.41) is 0.